The largest absolute Gasteiger partial charge is 0.508 e. The van der Waals surface area contributed by atoms with Crippen LogP contribution in [0.4, 0.5) is 0 Å². The van der Waals surface area contributed by atoms with Crippen LogP contribution in [0.2, 0.25) is 0 Å². The summed E-state index contributed by atoms with van der Waals surface area (Å²) in [6, 6.07) is 4.83. The van der Waals surface area contributed by atoms with E-state index in [1.165, 1.54) is 6.07 Å². The highest BCUT2D eigenvalue weighted by Crippen LogP contribution is 2.17. The molecule has 0 aliphatic carbocycles. The number of aryl methyl sites for hydroxylation is 1. The van der Waals surface area contributed by atoms with Crippen molar-refractivity contribution >= 4 is 5.91 Å². The lowest BCUT2D eigenvalue weighted by molar-refractivity contribution is 0.0953. The van der Waals surface area contributed by atoms with E-state index in [2.05, 4.69) is 10.6 Å². The third kappa shape index (κ3) is 4.73. The minimum Gasteiger partial charge on any atom is -0.508 e. The number of phenols is 1. The average Bonchev–Trinajstić information content (AvgIpc) is 2.31. The number of aliphatic hydroxyl groups is 1. The zero-order valence-electron chi connectivity index (χ0n) is 10.7. The molecule has 1 unspecified atom stereocenters. The molecule has 0 saturated carbocycles. The minimum absolute atomic E-state index is 0.120. The van der Waals surface area contributed by atoms with Gasteiger partial charge in [0.1, 0.15) is 5.75 Å². The molecular formula is C13H20N2O3. The fraction of sp³-hybridized carbons (Fsp3) is 0.462. The number of amides is 1. The zero-order chi connectivity index (χ0) is 13.5. The number of carbonyl (C=O) groups excluding carboxylic acids is 1. The monoisotopic (exact) mass is 252 g/mol. The van der Waals surface area contributed by atoms with E-state index >= 15 is 0 Å². The Kier molecular flexibility index (Phi) is 5.61. The molecule has 5 nitrogen and oxygen atoms in total. The first-order chi connectivity index (χ1) is 8.50. The summed E-state index contributed by atoms with van der Waals surface area (Å²) in [6.45, 7) is 5.04. The maximum atomic E-state index is 11.7. The molecule has 1 atom stereocenters. The van der Waals surface area contributed by atoms with Crippen molar-refractivity contribution in [2.24, 2.45) is 0 Å². The van der Waals surface area contributed by atoms with Gasteiger partial charge in [0.05, 0.1) is 6.10 Å². The van der Waals surface area contributed by atoms with Crippen molar-refractivity contribution in [3.05, 3.63) is 29.3 Å². The Balaban J connectivity index is 2.34. The SMILES string of the molecule is Cc1ccc(C(=O)NCCNCC(C)O)cc1O. The summed E-state index contributed by atoms with van der Waals surface area (Å²) < 4.78 is 0. The predicted octanol–water partition coefficient (Wildman–Crippen LogP) is 0.401. The van der Waals surface area contributed by atoms with Gasteiger partial charge in [-0.25, -0.2) is 0 Å². The molecule has 1 aromatic carbocycles. The first kappa shape index (κ1) is 14.5. The number of benzene rings is 1. The summed E-state index contributed by atoms with van der Waals surface area (Å²) in [7, 11) is 0. The zero-order valence-corrected chi connectivity index (χ0v) is 10.7. The van der Waals surface area contributed by atoms with Crippen LogP contribution in [0, 0.1) is 6.92 Å². The number of carbonyl (C=O) groups is 1. The highest BCUT2D eigenvalue weighted by atomic mass is 16.3. The van der Waals surface area contributed by atoms with Crippen molar-refractivity contribution in [2.75, 3.05) is 19.6 Å². The molecule has 0 aliphatic heterocycles. The van der Waals surface area contributed by atoms with Gasteiger partial charge in [-0.05, 0) is 31.5 Å². The van der Waals surface area contributed by atoms with E-state index in [1.807, 2.05) is 0 Å². The molecule has 0 spiro atoms. The number of hydrogen-bond donors (Lipinski definition) is 4. The second-order valence-corrected chi connectivity index (χ2v) is 4.31. The molecule has 0 saturated heterocycles. The molecule has 5 heteroatoms. The number of phenolic OH excluding ortho intramolecular Hbond substituents is 1. The number of rotatable bonds is 6. The van der Waals surface area contributed by atoms with Gasteiger partial charge >= 0.3 is 0 Å². The topological polar surface area (TPSA) is 81.6 Å². The van der Waals surface area contributed by atoms with Crippen molar-refractivity contribution < 1.29 is 15.0 Å². The van der Waals surface area contributed by atoms with Crippen LogP contribution in [0.3, 0.4) is 0 Å². The van der Waals surface area contributed by atoms with E-state index in [4.69, 9.17) is 5.11 Å². The van der Waals surface area contributed by atoms with Crippen LogP contribution in [0.1, 0.15) is 22.8 Å². The molecule has 0 aliphatic rings. The Bertz CT molecular complexity index is 405. The van der Waals surface area contributed by atoms with Crippen molar-refractivity contribution in [2.45, 2.75) is 20.0 Å². The van der Waals surface area contributed by atoms with E-state index < -0.39 is 6.10 Å². The summed E-state index contributed by atoms with van der Waals surface area (Å²) in [5, 5.41) is 24.2. The van der Waals surface area contributed by atoms with Crippen LogP contribution in [-0.2, 0) is 0 Å². The van der Waals surface area contributed by atoms with Gasteiger partial charge < -0.3 is 20.8 Å². The molecule has 18 heavy (non-hydrogen) atoms. The number of aliphatic hydroxyl groups excluding tert-OH is 1. The Morgan fingerprint density at radius 1 is 1.39 bits per heavy atom. The number of nitrogens with one attached hydrogen (secondary N) is 2. The van der Waals surface area contributed by atoms with E-state index in [1.54, 1.807) is 26.0 Å². The molecule has 1 aromatic rings. The normalized spacial score (nSPS) is 12.2. The summed E-state index contributed by atoms with van der Waals surface area (Å²) in [4.78, 5) is 11.7. The summed E-state index contributed by atoms with van der Waals surface area (Å²) in [5.74, 6) is -0.0981. The van der Waals surface area contributed by atoms with Crippen LogP contribution in [0.15, 0.2) is 18.2 Å². The Hall–Kier alpha value is -1.59. The van der Waals surface area contributed by atoms with Crippen molar-refractivity contribution in [1.29, 1.82) is 0 Å². The van der Waals surface area contributed by atoms with E-state index in [-0.39, 0.29) is 11.7 Å². The van der Waals surface area contributed by atoms with Crippen LogP contribution < -0.4 is 10.6 Å². The molecule has 100 valence electrons. The summed E-state index contributed by atoms with van der Waals surface area (Å²) in [6.07, 6.45) is -0.394. The first-order valence-corrected chi connectivity index (χ1v) is 5.97. The van der Waals surface area contributed by atoms with E-state index in [0.717, 1.165) is 5.56 Å². The van der Waals surface area contributed by atoms with Crippen LogP contribution >= 0.6 is 0 Å². The van der Waals surface area contributed by atoms with Gasteiger partial charge in [0.25, 0.3) is 5.91 Å². The quantitative estimate of drug-likeness (QED) is 0.552. The highest BCUT2D eigenvalue weighted by Gasteiger charge is 2.06. The van der Waals surface area contributed by atoms with Gasteiger partial charge in [-0.3, -0.25) is 4.79 Å². The van der Waals surface area contributed by atoms with Gasteiger partial charge in [0.2, 0.25) is 0 Å². The molecule has 4 N–H and O–H groups in total. The molecule has 1 amide bonds. The molecule has 0 heterocycles. The Labute approximate surface area is 107 Å². The number of aromatic hydroxyl groups is 1. The van der Waals surface area contributed by atoms with Crippen LogP contribution in [0.25, 0.3) is 0 Å². The van der Waals surface area contributed by atoms with Gasteiger partial charge in [-0.2, -0.15) is 0 Å². The molecule has 0 fully saturated rings. The fourth-order valence-electron chi connectivity index (χ4n) is 1.43. The molecule has 0 radical (unpaired) electrons. The Morgan fingerprint density at radius 3 is 2.72 bits per heavy atom. The molecule has 0 aromatic heterocycles. The van der Waals surface area contributed by atoms with Gasteiger partial charge in [-0.15, -0.1) is 0 Å². The molecule has 1 rings (SSSR count). The maximum Gasteiger partial charge on any atom is 0.251 e. The highest BCUT2D eigenvalue weighted by molar-refractivity contribution is 5.94. The summed E-state index contributed by atoms with van der Waals surface area (Å²) in [5.41, 5.74) is 1.18. The van der Waals surface area contributed by atoms with Crippen molar-refractivity contribution in [1.82, 2.24) is 10.6 Å². The second-order valence-electron chi connectivity index (χ2n) is 4.31. The van der Waals surface area contributed by atoms with Gasteiger partial charge in [-0.1, -0.05) is 6.07 Å². The van der Waals surface area contributed by atoms with E-state index in [9.17, 15) is 9.90 Å². The predicted molar refractivity (Wildman–Crippen MR) is 69.7 cm³/mol. The number of hydrogen-bond acceptors (Lipinski definition) is 4. The summed E-state index contributed by atoms with van der Waals surface area (Å²) >= 11 is 0. The smallest absolute Gasteiger partial charge is 0.251 e. The van der Waals surface area contributed by atoms with Crippen LogP contribution in [-0.4, -0.2) is 41.9 Å². The molecule has 0 bridgehead atoms. The molecular weight excluding hydrogens is 232 g/mol. The van der Waals surface area contributed by atoms with Crippen LogP contribution in [0.5, 0.6) is 5.75 Å². The lowest BCUT2D eigenvalue weighted by Gasteiger charge is -2.08. The van der Waals surface area contributed by atoms with Gasteiger partial charge in [0, 0.05) is 25.2 Å². The minimum atomic E-state index is -0.394. The maximum absolute atomic E-state index is 11.7. The Morgan fingerprint density at radius 2 is 2.11 bits per heavy atom. The first-order valence-electron chi connectivity index (χ1n) is 5.97. The lowest BCUT2D eigenvalue weighted by Crippen LogP contribution is -2.34. The third-order valence-corrected chi connectivity index (χ3v) is 2.50. The standard InChI is InChI=1S/C13H20N2O3/c1-9-3-4-11(7-12(9)17)13(18)15-6-5-14-8-10(2)16/h3-4,7,10,14,16-17H,5-6,8H2,1-2H3,(H,15,18). The second kappa shape index (κ2) is 6.98. The lowest BCUT2D eigenvalue weighted by atomic mass is 10.1. The van der Waals surface area contributed by atoms with Crippen molar-refractivity contribution in [3.63, 3.8) is 0 Å². The van der Waals surface area contributed by atoms with Crippen molar-refractivity contribution in [3.8, 4) is 5.75 Å². The van der Waals surface area contributed by atoms with E-state index in [0.29, 0.717) is 25.2 Å². The van der Waals surface area contributed by atoms with Gasteiger partial charge in [0.15, 0.2) is 0 Å². The third-order valence-electron chi connectivity index (χ3n) is 2.50. The fourth-order valence-corrected chi connectivity index (χ4v) is 1.43. The average molecular weight is 252 g/mol.